The van der Waals surface area contributed by atoms with Crippen molar-refractivity contribution >= 4 is 0 Å². The van der Waals surface area contributed by atoms with Gasteiger partial charge in [-0.25, -0.2) is 8.78 Å². The number of halogens is 2. The molecule has 2 fully saturated rings. The molecule has 2 rings (SSSR count). The molecule has 0 atom stereocenters. The number of allylic oxidation sites excluding steroid dienone is 1. The molecule has 0 radical (unpaired) electrons. The molecule has 1 spiro atoms. The van der Waals surface area contributed by atoms with Crippen LogP contribution in [0.5, 0.6) is 0 Å². The van der Waals surface area contributed by atoms with E-state index in [1.165, 1.54) is 0 Å². The van der Waals surface area contributed by atoms with Crippen LogP contribution in [-0.2, 0) is 4.74 Å². The van der Waals surface area contributed by atoms with E-state index in [0.29, 0.717) is 5.92 Å². The summed E-state index contributed by atoms with van der Waals surface area (Å²) in [5.74, 6) is -1.90. The molecule has 0 saturated heterocycles. The fraction of sp³-hybridized carbons (Fsp3) is 0.800. The normalized spacial score (nSPS) is 30.1. The number of methoxy groups -OCH3 is 1. The molecule has 13 heavy (non-hydrogen) atoms. The molecule has 0 heterocycles. The van der Waals surface area contributed by atoms with Crippen LogP contribution < -0.4 is 0 Å². The molecule has 2 saturated carbocycles. The van der Waals surface area contributed by atoms with Crippen LogP contribution in [-0.4, -0.2) is 13.0 Å². The maximum Gasteiger partial charge on any atom is 0.249 e. The van der Waals surface area contributed by atoms with Crippen molar-refractivity contribution in [2.24, 2.45) is 11.3 Å². The molecule has 0 amide bonds. The van der Waals surface area contributed by atoms with Crippen molar-refractivity contribution in [2.45, 2.75) is 31.6 Å². The molecule has 3 heteroatoms. The Hall–Kier alpha value is -0.600. The second-order valence-electron chi connectivity index (χ2n) is 4.44. The second-order valence-corrected chi connectivity index (χ2v) is 4.44. The molecule has 2 aliphatic rings. The Morgan fingerprint density at radius 2 is 1.92 bits per heavy atom. The van der Waals surface area contributed by atoms with Gasteiger partial charge in [-0.3, -0.25) is 0 Å². The fourth-order valence-corrected chi connectivity index (χ4v) is 2.71. The Morgan fingerprint density at radius 3 is 2.38 bits per heavy atom. The highest BCUT2D eigenvalue weighted by molar-refractivity contribution is 5.10. The summed E-state index contributed by atoms with van der Waals surface area (Å²) in [6.45, 7) is 0. The first kappa shape index (κ1) is 8.97. The first-order valence-electron chi connectivity index (χ1n) is 4.63. The monoisotopic (exact) mass is 188 g/mol. The number of rotatable bonds is 2. The van der Waals surface area contributed by atoms with E-state index >= 15 is 0 Å². The van der Waals surface area contributed by atoms with Crippen molar-refractivity contribution in [3.8, 4) is 0 Å². The van der Waals surface area contributed by atoms with Crippen molar-refractivity contribution in [2.75, 3.05) is 7.11 Å². The van der Waals surface area contributed by atoms with E-state index in [4.69, 9.17) is 4.74 Å². The minimum absolute atomic E-state index is 0.00769. The Labute approximate surface area is 76.8 Å². The van der Waals surface area contributed by atoms with Crippen LogP contribution in [0.25, 0.3) is 0 Å². The first-order chi connectivity index (χ1) is 6.05. The Bertz CT molecular complexity index is 219. The lowest BCUT2D eigenvalue weighted by molar-refractivity contribution is -0.200. The number of hydrogen-bond acceptors (Lipinski definition) is 1. The van der Waals surface area contributed by atoms with Gasteiger partial charge in [0.1, 0.15) is 0 Å². The predicted molar refractivity (Wildman–Crippen MR) is 45.5 cm³/mol. The summed E-state index contributed by atoms with van der Waals surface area (Å²) in [4.78, 5) is 0. The molecule has 0 N–H and O–H groups in total. The zero-order chi connectivity index (χ0) is 9.53. The summed E-state index contributed by atoms with van der Waals surface area (Å²) in [7, 11) is 1.60. The van der Waals surface area contributed by atoms with E-state index < -0.39 is 5.92 Å². The van der Waals surface area contributed by atoms with Crippen molar-refractivity contribution in [3.63, 3.8) is 0 Å². The highest BCUT2D eigenvalue weighted by Crippen LogP contribution is 2.64. The predicted octanol–water partition coefficient (Wildman–Crippen LogP) is 2.97. The first-order valence-corrected chi connectivity index (χ1v) is 4.63. The molecular formula is C10H14F2O. The van der Waals surface area contributed by atoms with E-state index in [9.17, 15) is 8.78 Å². The number of hydrogen-bond donors (Lipinski definition) is 0. The van der Waals surface area contributed by atoms with Crippen LogP contribution >= 0.6 is 0 Å². The van der Waals surface area contributed by atoms with Gasteiger partial charge < -0.3 is 4.74 Å². The third kappa shape index (κ3) is 1.56. The minimum Gasteiger partial charge on any atom is -0.505 e. The molecular weight excluding hydrogens is 174 g/mol. The third-order valence-corrected chi connectivity index (χ3v) is 3.14. The van der Waals surface area contributed by atoms with E-state index in [-0.39, 0.29) is 18.3 Å². The Balaban J connectivity index is 1.77. The van der Waals surface area contributed by atoms with Crippen molar-refractivity contribution in [1.29, 1.82) is 0 Å². The quantitative estimate of drug-likeness (QED) is 0.605. The van der Waals surface area contributed by atoms with Gasteiger partial charge >= 0.3 is 0 Å². The summed E-state index contributed by atoms with van der Waals surface area (Å²) in [6, 6.07) is 0. The minimum atomic E-state index is -2.37. The number of alkyl halides is 2. The molecule has 0 aromatic heterocycles. The van der Waals surface area contributed by atoms with Crippen LogP contribution in [0.3, 0.4) is 0 Å². The molecule has 2 aliphatic carbocycles. The molecule has 1 nitrogen and oxygen atoms in total. The maximum absolute atomic E-state index is 12.6. The lowest BCUT2D eigenvalue weighted by atomic mass is 9.50. The van der Waals surface area contributed by atoms with Crippen LogP contribution in [0.2, 0.25) is 0 Å². The largest absolute Gasteiger partial charge is 0.505 e. The standard InChI is InChI=1S/C10H14F2O/c1-13-3-2-8-4-9(5-8)6-10(11,12)7-9/h2-3,8H,4-7H2,1H3. The average molecular weight is 188 g/mol. The lowest BCUT2D eigenvalue weighted by Crippen LogP contribution is -2.53. The van der Waals surface area contributed by atoms with Crippen LogP contribution in [0.15, 0.2) is 12.3 Å². The van der Waals surface area contributed by atoms with Gasteiger partial charge in [-0.15, -0.1) is 0 Å². The van der Waals surface area contributed by atoms with E-state index in [2.05, 4.69) is 0 Å². The highest BCUT2D eigenvalue weighted by Gasteiger charge is 2.61. The summed E-state index contributed by atoms with van der Waals surface area (Å²) in [5.41, 5.74) is -0.00769. The van der Waals surface area contributed by atoms with Gasteiger partial charge in [-0.05, 0) is 30.3 Å². The maximum atomic E-state index is 12.6. The summed E-state index contributed by atoms with van der Waals surface area (Å²) < 4.78 is 30.0. The van der Waals surface area contributed by atoms with Crippen LogP contribution in [0.1, 0.15) is 25.7 Å². The molecule has 0 aromatic rings. The Morgan fingerprint density at radius 1 is 1.31 bits per heavy atom. The number of ether oxygens (including phenoxy) is 1. The lowest BCUT2D eigenvalue weighted by Gasteiger charge is -2.56. The fourth-order valence-electron chi connectivity index (χ4n) is 2.71. The van der Waals surface area contributed by atoms with E-state index in [1.54, 1.807) is 13.4 Å². The van der Waals surface area contributed by atoms with Gasteiger partial charge in [0.05, 0.1) is 13.4 Å². The van der Waals surface area contributed by atoms with Crippen molar-refractivity contribution < 1.29 is 13.5 Å². The van der Waals surface area contributed by atoms with E-state index in [0.717, 1.165) is 12.8 Å². The van der Waals surface area contributed by atoms with Crippen molar-refractivity contribution in [1.82, 2.24) is 0 Å². The highest BCUT2D eigenvalue weighted by atomic mass is 19.3. The van der Waals surface area contributed by atoms with Crippen molar-refractivity contribution in [3.05, 3.63) is 12.3 Å². The molecule has 0 aliphatic heterocycles. The molecule has 74 valence electrons. The SMILES string of the molecule is COC=CC1CC2(C1)CC(F)(F)C2. The van der Waals surface area contributed by atoms with Gasteiger partial charge in [0, 0.05) is 12.8 Å². The van der Waals surface area contributed by atoms with Crippen LogP contribution in [0.4, 0.5) is 8.78 Å². The zero-order valence-corrected chi connectivity index (χ0v) is 7.72. The van der Waals surface area contributed by atoms with Gasteiger partial charge in [0.2, 0.25) is 5.92 Å². The van der Waals surface area contributed by atoms with Gasteiger partial charge in [0.15, 0.2) is 0 Å². The third-order valence-electron chi connectivity index (χ3n) is 3.14. The van der Waals surface area contributed by atoms with Gasteiger partial charge in [-0.2, -0.15) is 0 Å². The average Bonchev–Trinajstić information content (AvgIpc) is 1.91. The summed E-state index contributed by atoms with van der Waals surface area (Å²) >= 11 is 0. The zero-order valence-electron chi connectivity index (χ0n) is 7.72. The van der Waals surface area contributed by atoms with E-state index in [1.807, 2.05) is 6.08 Å². The molecule has 0 unspecified atom stereocenters. The topological polar surface area (TPSA) is 9.23 Å². The molecule has 0 aromatic carbocycles. The van der Waals surface area contributed by atoms with Crippen LogP contribution in [0, 0.1) is 11.3 Å². The second kappa shape index (κ2) is 2.69. The summed E-state index contributed by atoms with van der Waals surface area (Å²) in [6.07, 6.45) is 5.68. The smallest absolute Gasteiger partial charge is 0.249 e. The van der Waals surface area contributed by atoms with Gasteiger partial charge in [0.25, 0.3) is 0 Å². The summed E-state index contributed by atoms with van der Waals surface area (Å²) in [5, 5.41) is 0. The Kier molecular flexibility index (Phi) is 1.86. The molecule has 0 bridgehead atoms. The van der Waals surface area contributed by atoms with Gasteiger partial charge in [-0.1, -0.05) is 0 Å².